The summed E-state index contributed by atoms with van der Waals surface area (Å²) in [6.07, 6.45) is -1.80. The number of carboxylic acid groups (broad SMARTS) is 1. The maximum Gasteiger partial charge on any atom is 0.332 e. The number of hydrogen-bond donors (Lipinski definition) is 3. The molecule has 0 aromatic heterocycles. The smallest absolute Gasteiger partial charge is 0.332 e. The average molecular weight is 431 g/mol. The zero-order valence-electron chi connectivity index (χ0n) is 10.4. The van der Waals surface area contributed by atoms with E-state index in [1.54, 1.807) is 6.07 Å². The molecule has 0 saturated heterocycles. The molecule has 0 amide bonds. The standard InChI is InChI=1S/C11H13Br2NO5S/c1-6-4-8(13)10(5-7(6)12)20(18,19)14-3-2-9(15)11(16)17/h4-5,9,14-15H,2-3H2,1H3,(H,16,17). The predicted octanol–water partition coefficient (Wildman–Crippen LogP) is 1.63. The van der Waals surface area contributed by atoms with E-state index >= 15 is 0 Å². The predicted molar refractivity (Wildman–Crippen MR) is 80.0 cm³/mol. The van der Waals surface area contributed by atoms with E-state index in [9.17, 15) is 13.2 Å². The van der Waals surface area contributed by atoms with Crippen molar-refractivity contribution < 1.29 is 23.4 Å². The molecule has 0 radical (unpaired) electrons. The number of aliphatic carboxylic acids is 1. The fraction of sp³-hybridized carbons (Fsp3) is 0.364. The van der Waals surface area contributed by atoms with Gasteiger partial charge in [0.05, 0.1) is 4.90 Å². The van der Waals surface area contributed by atoms with Crippen LogP contribution in [0.3, 0.4) is 0 Å². The minimum atomic E-state index is -3.78. The molecule has 9 heteroatoms. The summed E-state index contributed by atoms with van der Waals surface area (Å²) in [6, 6.07) is 3.11. The average Bonchev–Trinajstić information content (AvgIpc) is 2.33. The Morgan fingerprint density at radius 1 is 1.35 bits per heavy atom. The first-order valence-electron chi connectivity index (χ1n) is 5.51. The van der Waals surface area contributed by atoms with E-state index in [4.69, 9.17) is 10.2 Å². The highest BCUT2D eigenvalue weighted by Crippen LogP contribution is 2.28. The fourth-order valence-electron chi connectivity index (χ4n) is 1.37. The summed E-state index contributed by atoms with van der Waals surface area (Å²) in [4.78, 5) is 10.5. The second-order valence-corrected chi connectivity index (χ2v) is 7.52. The van der Waals surface area contributed by atoms with Crippen molar-refractivity contribution >= 4 is 47.9 Å². The molecule has 0 bridgehead atoms. The number of hydrogen-bond acceptors (Lipinski definition) is 4. The van der Waals surface area contributed by atoms with Gasteiger partial charge in [-0.1, -0.05) is 15.9 Å². The Balaban J connectivity index is 2.85. The van der Waals surface area contributed by atoms with Gasteiger partial charge in [-0.15, -0.1) is 0 Å². The zero-order chi connectivity index (χ0) is 15.5. The molecule has 0 saturated carbocycles. The van der Waals surface area contributed by atoms with Gasteiger partial charge in [0.25, 0.3) is 0 Å². The first kappa shape index (κ1) is 17.6. The van der Waals surface area contributed by atoms with Crippen LogP contribution in [0.2, 0.25) is 0 Å². The van der Waals surface area contributed by atoms with Crippen LogP contribution < -0.4 is 4.72 Å². The summed E-state index contributed by atoms with van der Waals surface area (Å²) in [5, 5.41) is 17.6. The number of carbonyl (C=O) groups is 1. The third kappa shape index (κ3) is 4.52. The third-order valence-corrected chi connectivity index (χ3v) is 5.77. The number of carboxylic acids is 1. The molecule has 6 nitrogen and oxygen atoms in total. The molecule has 0 aliphatic rings. The molecule has 0 heterocycles. The first-order chi connectivity index (χ1) is 9.15. The van der Waals surface area contributed by atoms with Crippen LogP contribution in [-0.4, -0.2) is 37.2 Å². The Labute approximate surface area is 133 Å². The molecule has 0 aliphatic carbocycles. The van der Waals surface area contributed by atoms with Gasteiger partial charge in [0.1, 0.15) is 0 Å². The van der Waals surface area contributed by atoms with Gasteiger partial charge in [-0.3, -0.25) is 0 Å². The van der Waals surface area contributed by atoms with E-state index in [0.717, 1.165) is 5.56 Å². The fourth-order valence-corrected chi connectivity index (χ4v) is 4.09. The Bertz CT molecular complexity index is 617. The van der Waals surface area contributed by atoms with Crippen LogP contribution in [-0.2, 0) is 14.8 Å². The summed E-state index contributed by atoms with van der Waals surface area (Å²) < 4.78 is 27.5. The van der Waals surface area contributed by atoms with E-state index in [-0.39, 0.29) is 17.9 Å². The quantitative estimate of drug-likeness (QED) is 0.636. The van der Waals surface area contributed by atoms with Crippen molar-refractivity contribution in [2.75, 3.05) is 6.54 Å². The van der Waals surface area contributed by atoms with Gasteiger partial charge in [0.15, 0.2) is 6.10 Å². The lowest BCUT2D eigenvalue weighted by Crippen LogP contribution is -2.30. The van der Waals surface area contributed by atoms with Crippen LogP contribution >= 0.6 is 31.9 Å². The second kappa shape index (κ2) is 6.99. The summed E-state index contributed by atoms with van der Waals surface area (Å²) in [5.41, 5.74) is 0.872. The SMILES string of the molecule is Cc1cc(Br)c(S(=O)(=O)NCCC(O)C(=O)O)cc1Br. The second-order valence-electron chi connectivity index (χ2n) is 4.07. The Hall–Kier alpha value is -0.480. The minimum absolute atomic E-state index is 0.0415. The van der Waals surface area contributed by atoms with Crippen LogP contribution in [0.4, 0.5) is 0 Å². The molecule has 112 valence electrons. The van der Waals surface area contributed by atoms with E-state index in [1.165, 1.54) is 6.07 Å². The summed E-state index contributed by atoms with van der Waals surface area (Å²) in [5.74, 6) is -1.39. The maximum atomic E-state index is 12.1. The maximum absolute atomic E-state index is 12.1. The number of aryl methyl sites for hydroxylation is 1. The lowest BCUT2D eigenvalue weighted by molar-refractivity contribution is -0.146. The summed E-state index contributed by atoms with van der Waals surface area (Å²) in [6.45, 7) is 1.65. The number of aliphatic hydroxyl groups excluding tert-OH is 1. The van der Waals surface area contributed by atoms with Gasteiger partial charge in [0.2, 0.25) is 10.0 Å². The van der Waals surface area contributed by atoms with E-state index in [0.29, 0.717) is 8.95 Å². The monoisotopic (exact) mass is 429 g/mol. The molecule has 1 rings (SSSR count). The molecule has 1 aromatic rings. The van der Waals surface area contributed by atoms with Gasteiger partial charge in [0, 0.05) is 15.5 Å². The molecule has 0 fully saturated rings. The van der Waals surface area contributed by atoms with Gasteiger partial charge in [-0.25, -0.2) is 17.9 Å². The molecule has 3 N–H and O–H groups in total. The summed E-state index contributed by atoms with van der Waals surface area (Å²) >= 11 is 6.43. The van der Waals surface area contributed by atoms with Crippen LogP contribution in [0, 0.1) is 6.92 Å². The number of sulfonamides is 1. The van der Waals surface area contributed by atoms with Crippen LogP contribution in [0.1, 0.15) is 12.0 Å². The van der Waals surface area contributed by atoms with Crippen molar-refractivity contribution in [3.05, 3.63) is 26.6 Å². The zero-order valence-corrected chi connectivity index (χ0v) is 14.4. The Morgan fingerprint density at radius 3 is 2.50 bits per heavy atom. The molecule has 20 heavy (non-hydrogen) atoms. The largest absolute Gasteiger partial charge is 0.479 e. The molecule has 1 atom stereocenters. The van der Waals surface area contributed by atoms with E-state index in [2.05, 4.69) is 36.6 Å². The highest BCUT2D eigenvalue weighted by Gasteiger charge is 2.20. The van der Waals surface area contributed by atoms with E-state index < -0.39 is 22.1 Å². The molecule has 1 aromatic carbocycles. The Kier molecular flexibility index (Phi) is 6.14. The molecule has 0 aliphatic heterocycles. The molecule has 0 spiro atoms. The van der Waals surface area contributed by atoms with Crippen molar-refractivity contribution in [2.24, 2.45) is 0 Å². The number of benzene rings is 1. The molecular formula is C11H13Br2NO5S. The lowest BCUT2D eigenvalue weighted by Gasteiger charge is -2.11. The Morgan fingerprint density at radius 2 is 1.95 bits per heavy atom. The number of rotatable bonds is 6. The third-order valence-electron chi connectivity index (χ3n) is 2.50. The van der Waals surface area contributed by atoms with Crippen LogP contribution in [0.25, 0.3) is 0 Å². The van der Waals surface area contributed by atoms with Crippen LogP contribution in [0.15, 0.2) is 26.0 Å². The van der Waals surface area contributed by atoms with Crippen LogP contribution in [0.5, 0.6) is 0 Å². The van der Waals surface area contributed by atoms with Crippen molar-refractivity contribution in [2.45, 2.75) is 24.3 Å². The molecular weight excluding hydrogens is 418 g/mol. The van der Waals surface area contributed by atoms with Gasteiger partial charge < -0.3 is 10.2 Å². The first-order valence-corrected chi connectivity index (χ1v) is 8.58. The van der Waals surface area contributed by atoms with Crippen molar-refractivity contribution in [1.29, 1.82) is 0 Å². The number of aliphatic hydroxyl groups is 1. The minimum Gasteiger partial charge on any atom is -0.479 e. The number of halogens is 2. The highest BCUT2D eigenvalue weighted by molar-refractivity contribution is 9.11. The van der Waals surface area contributed by atoms with Crippen molar-refractivity contribution in [3.8, 4) is 0 Å². The topological polar surface area (TPSA) is 104 Å². The summed E-state index contributed by atoms with van der Waals surface area (Å²) in [7, 11) is -3.78. The molecule has 1 unspecified atom stereocenters. The lowest BCUT2D eigenvalue weighted by atomic mass is 10.2. The van der Waals surface area contributed by atoms with Gasteiger partial charge in [-0.2, -0.15) is 0 Å². The van der Waals surface area contributed by atoms with Crippen molar-refractivity contribution in [1.82, 2.24) is 4.72 Å². The normalized spacial score (nSPS) is 13.2. The van der Waals surface area contributed by atoms with E-state index in [1.807, 2.05) is 6.92 Å². The van der Waals surface area contributed by atoms with Gasteiger partial charge in [-0.05, 0) is 47.0 Å². The number of nitrogens with one attached hydrogen (secondary N) is 1. The highest BCUT2D eigenvalue weighted by atomic mass is 79.9. The van der Waals surface area contributed by atoms with Crippen molar-refractivity contribution in [3.63, 3.8) is 0 Å². The van der Waals surface area contributed by atoms with Gasteiger partial charge >= 0.3 is 5.97 Å².